The van der Waals surface area contributed by atoms with Crippen molar-refractivity contribution in [1.29, 1.82) is 0 Å². The Labute approximate surface area is 162 Å². The predicted molar refractivity (Wildman–Crippen MR) is 105 cm³/mol. The third kappa shape index (κ3) is 5.60. The summed E-state index contributed by atoms with van der Waals surface area (Å²) in [5, 5.41) is 6.49. The molecule has 2 N–H and O–H groups in total. The Hall–Kier alpha value is -1.30. The number of methoxy groups -OCH3 is 1. The highest BCUT2D eigenvalue weighted by Gasteiger charge is 2.32. The van der Waals surface area contributed by atoms with Gasteiger partial charge in [0.1, 0.15) is 5.75 Å². The van der Waals surface area contributed by atoms with E-state index in [0.29, 0.717) is 24.8 Å². The Kier molecular flexibility index (Phi) is 8.19. The van der Waals surface area contributed by atoms with Gasteiger partial charge in [0.05, 0.1) is 12.7 Å². The number of nitrogens with one attached hydrogen (secondary N) is 2. The number of piperidine rings is 1. The molecule has 1 amide bonds. The van der Waals surface area contributed by atoms with Crippen molar-refractivity contribution in [1.82, 2.24) is 10.6 Å². The molecule has 1 heterocycles. The number of rotatable bonds is 7. The molecule has 0 radical (unpaired) electrons. The zero-order valence-electron chi connectivity index (χ0n) is 15.6. The van der Waals surface area contributed by atoms with Gasteiger partial charge in [-0.25, -0.2) is 0 Å². The first-order valence-electron chi connectivity index (χ1n) is 9.45. The molecule has 0 unspecified atom stereocenters. The maximum absolute atomic E-state index is 12.6. The van der Waals surface area contributed by atoms with E-state index in [1.165, 1.54) is 12.8 Å². The standard InChI is InChI=1S/C20H30N2O3.ClH/c1-24-15-20(9-11-21-12-10-20)14-22-19(23)16-5-4-8-18(13-16)25-17-6-2-3-7-17;/h4-5,8,13,17,21H,2-3,6-7,9-12,14-15H2,1H3,(H,22,23);1H. The fraction of sp³-hybridized carbons (Fsp3) is 0.650. The summed E-state index contributed by atoms with van der Waals surface area (Å²) in [4.78, 5) is 12.6. The fourth-order valence-electron chi connectivity index (χ4n) is 3.91. The highest BCUT2D eigenvalue weighted by molar-refractivity contribution is 5.94. The molecule has 1 saturated carbocycles. The summed E-state index contributed by atoms with van der Waals surface area (Å²) in [5.74, 6) is 0.763. The maximum atomic E-state index is 12.6. The molecule has 2 aliphatic rings. The Bertz CT molecular complexity index is 564. The number of benzene rings is 1. The number of hydrogen-bond donors (Lipinski definition) is 2. The van der Waals surface area contributed by atoms with Crippen LogP contribution in [0.15, 0.2) is 24.3 Å². The SMILES string of the molecule is COCC1(CNC(=O)c2cccc(OC3CCCC3)c2)CCNCC1.Cl. The molecule has 0 atom stereocenters. The van der Waals surface area contributed by atoms with Crippen LogP contribution in [-0.2, 0) is 4.74 Å². The zero-order chi connectivity index (χ0) is 17.5. The third-order valence-corrected chi connectivity index (χ3v) is 5.44. The van der Waals surface area contributed by atoms with Crippen LogP contribution in [0.3, 0.4) is 0 Å². The van der Waals surface area contributed by atoms with Gasteiger partial charge in [-0.3, -0.25) is 4.79 Å². The third-order valence-electron chi connectivity index (χ3n) is 5.44. The first-order chi connectivity index (χ1) is 12.2. The highest BCUT2D eigenvalue weighted by atomic mass is 35.5. The second kappa shape index (κ2) is 10.1. The van der Waals surface area contributed by atoms with Crippen LogP contribution in [0.1, 0.15) is 48.9 Å². The lowest BCUT2D eigenvalue weighted by Crippen LogP contribution is -2.47. The quantitative estimate of drug-likeness (QED) is 0.760. The second-order valence-electron chi connectivity index (χ2n) is 7.42. The van der Waals surface area contributed by atoms with Crippen LogP contribution in [0.4, 0.5) is 0 Å². The first kappa shape index (κ1) is 21.0. The van der Waals surface area contributed by atoms with Gasteiger partial charge >= 0.3 is 0 Å². The van der Waals surface area contributed by atoms with Crippen LogP contribution in [0.25, 0.3) is 0 Å². The Morgan fingerprint density at radius 2 is 2.00 bits per heavy atom. The number of halogens is 1. The summed E-state index contributed by atoms with van der Waals surface area (Å²) in [5.41, 5.74) is 0.699. The lowest BCUT2D eigenvalue weighted by atomic mass is 9.79. The molecular formula is C20H31ClN2O3. The van der Waals surface area contributed by atoms with Crippen molar-refractivity contribution in [2.24, 2.45) is 5.41 Å². The number of ether oxygens (including phenoxy) is 2. The first-order valence-corrected chi connectivity index (χ1v) is 9.45. The molecule has 146 valence electrons. The van der Waals surface area contributed by atoms with Crippen molar-refractivity contribution >= 4 is 18.3 Å². The van der Waals surface area contributed by atoms with E-state index >= 15 is 0 Å². The highest BCUT2D eigenvalue weighted by Crippen LogP contribution is 2.28. The van der Waals surface area contributed by atoms with Gasteiger partial charge in [-0.1, -0.05) is 6.07 Å². The molecule has 1 aromatic carbocycles. The molecule has 0 aromatic heterocycles. The van der Waals surface area contributed by atoms with Gasteiger partial charge in [0.2, 0.25) is 0 Å². The van der Waals surface area contributed by atoms with Crippen molar-refractivity contribution in [3.05, 3.63) is 29.8 Å². The van der Waals surface area contributed by atoms with Gasteiger partial charge in [0, 0.05) is 24.6 Å². The summed E-state index contributed by atoms with van der Waals surface area (Å²) < 4.78 is 11.4. The van der Waals surface area contributed by atoms with Crippen LogP contribution < -0.4 is 15.4 Å². The molecular weight excluding hydrogens is 352 g/mol. The van der Waals surface area contributed by atoms with E-state index in [-0.39, 0.29) is 23.7 Å². The van der Waals surface area contributed by atoms with Gasteiger partial charge in [-0.05, 0) is 69.8 Å². The fourth-order valence-corrected chi connectivity index (χ4v) is 3.91. The molecule has 1 aliphatic carbocycles. The summed E-state index contributed by atoms with van der Waals surface area (Å²) >= 11 is 0. The molecule has 1 aromatic rings. The van der Waals surface area contributed by atoms with Crippen LogP contribution in [0.5, 0.6) is 5.75 Å². The normalized spacial score (nSPS) is 19.6. The largest absolute Gasteiger partial charge is 0.490 e. The van der Waals surface area contributed by atoms with Crippen LogP contribution in [0, 0.1) is 5.41 Å². The Morgan fingerprint density at radius 1 is 1.27 bits per heavy atom. The molecule has 26 heavy (non-hydrogen) atoms. The summed E-state index contributed by atoms with van der Waals surface area (Å²) in [6, 6.07) is 7.55. The van der Waals surface area contributed by atoms with Crippen LogP contribution in [-0.4, -0.2) is 45.4 Å². The molecule has 5 nitrogen and oxygen atoms in total. The molecule has 1 saturated heterocycles. The summed E-state index contributed by atoms with van der Waals surface area (Å²) in [6.07, 6.45) is 7.05. The van der Waals surface area contributed by atoms with Gasteiger partial charge in [0.25, 0.3) is 5.91 Å². The smallest absolute Gasteiger partial charge is 0.251 e. The topological polar surface area (TPSA) is 59.6 Å². The van der Waals surface area contributed by atoms with Crippen molar-refractivity contribution in [2.75, 3.05) is 33.4 Å². The maximum Gasteiger partial charge on any atom is 0.251 e. The van der Waals surface area contributed by atoms with Gasteiger partial charge in [-0.2, -0.15) is 0 Å². The van der Waals surface area contributed by atoms with E-state index < -0.39 is 0 Å². The van der Waals surface area contributed by atoms with Crippen molar-refractivity contribution in [3.8, 4) is 5.75 Å². The molecule has 6 heteroatoms. The lowest BCUT2D eigenvalue weighted by molar-refractivity contribution is 0.0511. The average molecular weight is 383 g/mol. The van der Waals surface area contributed by atoms with E-state index in [1.54, 1.807) is 7.11 Å². The summed E-state index contributed by atoms with van der Waals surface area (Å²) in [6.45, 7) is 3.28. The van der Waals surface area contributed by atoms with E-state index in [0.717, 1.165) is 44.5 Å². The second-order valence-corrected chi connectivity index (χ2v) is 7.42. The van der Waals surface area contributed by atoms with E-state index in [1.807, 2.05) is 24.3 Å². The van der Waals surface area contributed by atoms with Gasteiger partial charge in [0.15, 0.2) is 0 Å². The van der Waals surface area contributed by atoms with E-state index in [4.69, 9.17) is 9.47 Å². The number of hydrogen-bond acceptors (Lipinski definition) is 4. The minimum absolute atomic E-state index is 0. The average Bonchev–Trinajstić information content (AvgIpc) is 3.14. The van der Waals surface area contributed by atoms with Crippen molar-refractivity contribution < 1.29 is 14.3 Å². The predicted octanol–water partition coefficient (Wildman–Crippen LogP) is 3.18. The van der Waals surface area contributed by atoms with Crippen molar-refractivity contribution in [2.45, 2.75) is 44.6 Å². The van der Waals surface area contributed by atoms with E-state index in [9.17, 15) is 4.79 Å². The minimum atomic E-state index is -0.0362. The molecule has 2 fully saturated rings. The number of amides is 1. The molecule has 0 spiro atoms. The number of carbonyl (C=O) groups excluding carboxylic acids is 1. The Morgan fingerprint density at radius 3 is 2.69 bits per heavy atom. The zero-order valence-corrected chi connectivity index (χ0v) is 16.4. The minimum Gasteiger partial charge on any atom is -0.490 e. The molecule has 3 rings (SSSR count). The molecule has 0 bridgehead atoms. The summed E-state index contributed by atoms with van der Waals surface area (Å²) in [7, 11) is 1.73. The van der Waals surface area contributed by atoms with Crippen LogP contribution >= 0.6 is 12.4 Å². The Balaban J connectivity index is 0.00000243. The molecule has 1 aliphatic heterocycles. The number of carbonyl (C=O) groups is 1. The van der Waals surface area contributed by atoms with E-state index in [2.05, 4.69) is 10.6 Å². The monoisotopic (exact) mass is 382 g/mol. The lowest BCUT2D eigenvalue weighted by Gasteiger charge is -2.37. The van der Waals surface area contributed by atoms with Crippen LogP contribution in [0.2, 0.25) is 0 Å². The van der Waals surface area contributed by atoms with Gasteiger partial charge < -0.3 is 20.1 Å². The van der Waals surface area contributed by atoms with Crippen molar-refractivity contribution in [3.63, 3.8) is 0 Å². The van der Waals surface area contributed by atoms with Gasteiger partial charge in [-0.15, -0.1) is 12.4 Å².